The topological polar surface area (TPSA) is 63.9 Å². The van der Waals surface area contributed by atoms with E-state index in [1.54, 1.807) is 7.11 Å². The Balaban J connectivity index is 1.55. The monoisotopic (exact) mass is 406 g/mol. The number of furan rings is 1. The molecule has 0 saturated carbocycles. The van der Waals surface area contributed by atoms with Gasteiger partial charge in [0.1, 0.15) is 17.3 Å². The first-order valence-electron chi connectivity index (χ1n) is 9.54. The van der Waals surface area contributed by atoms with E-state index in [2.05, 4.69) is 10.2 Å². The lowest BCUT2D eigenvalue weighted by atomic mass is 10.1. The van der Waals surface area contributed by atoms with Crippen LogP contribution in [0.4, 0.5) is 0 Å². The molecule has 3 rings (SSSR count). The normalized spacial score (nSPS) is 16.0. The highest BCUT2D eigenvalue weighted by atomic mass is 35.5. The number of aryl methyl sites for hydroxylation is 2. The molecule has 1 fully saturated rings. The molecular weight excluding hydrogens is 380 g/mol. The maximum Gasteiger partial charge on any atom is 0.220 e. The van der Waals surface area contributed by atoms with E-state index < -0.39 is 0 Å². The van der Waals surface area contributed by atoms with Crippen LogP contribution in [0, 0.1) is 6.92 Å². The van der Waals surface area contributed by atoms with Crippen LogP contribution in [0.5, 0.6) is 5.75 Å². The van der Waals surface area contributed by atoms with Gasteiger partial charge in [-0.15, -0.1) is 0 Å². The molecule has 2 heterocycles. The van der Waals surface area contributed by atoms with Crippen molar-refractivity contribution in [3.63, 3.8) is 0 Å². The van der Waals surface area contributed by atoms with Gasteiger partial charge in [-0.05, 0) is 43.2 Å². The molecule has 0 bridgehead atoms. The number of methoxy groups -OCH3 is 1. The predicted octanol–water partition coefficient (Wildman–Crippen LogP) is 3.37. The zero-order valence-corrected chi connectivity index (χ0v) is 17.1. The molecule has 0 aliphatic carbocycles. The number of ether oxygens (including phenoxy) is 2. The van der Waals surface area contributed by atoms with Crippen molar-refractivity contribution in [1.29, 1.82) is 0 Å². The number of benzene rings is 1. The lowest BCUT2D eigenvalue weighted by molar-refractivity contribution is -0.121. The summed E-state index contributed by atoms with van der Waals surface area (Å²) in [6.45, 7) is 5.48. The highest BCUT2D eigenvalue weighted by molar-refractivity contribution is 6.32. The molecular formula is C21H27ClN2O4. The number of carbonyl (C=O) groups is 1. The summed E-state index contributed by atoms with van der Waals surface area (Å²) in [6, 6.07) is 9.55. The van der Waals surface area contributed by atoms with Crippen LogP contribution in [-0.2, 0) is 16.0 Å². The summed E-state index contributed by atoms with van der Waals surface area (Å²) in [4.78, 5) is 14.7. The second-order valence-corrected chi connectivity index (χ2v) is 7.29. The first-order chi connectivity index (χ1) is 13.6. The Hall–Kier alpha value is -2.02. The van der Waals surface area contributed by atoms with Crippen molar-refractivity contribution in [2.24, 2.45) is 0 Å². The molecule has 1 unspecified atom stereocenters. The van der Waals surface area contributed by atoms with E-state index >= 15 is 0 Å². The molecule has 152 valence electrons. The van der Waals surface area contributed by atoms with Crippen LogP contribution in [-0.4, -0.2) is 50.8 Å². The van der Waals surface area contributed by atoms with E-state index in [4.69, 9.17) is 25.5 Å². The molecule has 2 aromatic rings. The molecule has 6 nitrogen and oxygen atoms in total. The molecule has 28 heavy (non-hydrogen) atoms. The largest absolute Gasteiger partial charge is 0.495 e. The minimum absolute atomic E-state index is 0.00785. The predicted molar refractivity (Wildman–Crippen MR) is 108 cm³/mol. The van der Waals surface area contributed by atoms with Gasteiger partial charge in [0.2, 0.25) is 5.91 Å². The molecule has 1 saturated heterocycles. The van der Waals surface area contributed by atoms with E-state index in [9.17, 15) is 4.79 Å². The van der Waals surface area contributed by atoms with Crippen LogP contribution < -0.4 is 10.1 Å². The zero-order valence-electron chi connectivity index (χ0n) is 16.4. The summed E-state index contributed by atoms with van der Waals surface area (Å²) in [5, 5.41) is 3.61. The Morgan fingerprint density at radius 3 is 2.71 bits per heavy atom. The smallest absolute Gasteiger partial charge is 0.220 e. The van der Waals surface area contributed by atoms with Crippen LogP contribution in [0.25, 0.3) is 0 Å². The van der Waals surface area contributed by atoms with Gasteiger partial charge in [0.05, 0.1) is 31.4 Å². The number of nitrogens with zero attached hydrogens (tertiary/aromatic N) is 1. The fourth-order valence-corrected chi connectivity index (χ4v) is 3.63. The standard InChI is InChI=1S/C21H27ClN2O4/c1-15-3-6-20(28-15)18(24-9-11-27-12-10-24)14-23-21(25)8-5-16-4-7-19(26-2)17(22)13-16/h3-4,6-7,13,18H,5,8-12,14H2,1-2H3,(H,23,25). The van der Waals surface area contributed by atoms with Crippen molar-refractivity contribution in [2.45, 2.75) is 25.8 Å². The Labute approximate surface area is 170 Å². The third-order valence-electron chi connectivity index (χ3n) is 4.93. The summed E-state index contributed by atoms with van der Waals surface area (Å²) >= 11 is 6.15. The van der Waals surface area contributed by atoms with Crippen LogP contribution in [0.3, 0.4) is 0 Å². The maximum atomic E-state index is 12.4. The average Bonchev–Trinajstić information content (AvgIpc) is 3.13. The van der Waals surface area contributed by atoms with E-state index in [-0.39, 0.29) is 11.9 Å². The minimum atomic E-state index is 0.00785. The number of morpholine rings is 1. The summed E-state index contributed by atoms with van der Waals surface area (Å²) in [5.41, 5.74) is 1.01. The van der Waals surface area contributed by atoms with Crippen molar-refractivity contribution in [3.05, 3.63) is 52.4 Å². The van der Waals surface area contributed by atoms with Gasteiger partial charge in [-0.3, -0.25) is 9.69 Å². The number of rotatable bonds is 8. The second-order valence-electron chi connectivity index (χ2n) is 6.89. The maximum absolute atomic E-state index is 12.4. The molecule has 0 spiro atoms. The van der Waals surface area contributed by atoms with Crippen LogP contribution in [0.1, 0.15) is 29.5 Å². The van der Waals surface area contributed by atoms with E-state index in [1.165, 1.54) is 0 Å². The van der Waals surface area contributed by atoms with Crippen LogP contribution in [0.2, 0.25) is 5.02 Å². The van der Waals surface area contributed by atoms with Gasteiger partial charge >= 0.3 is 0 Å². The van der Waals surface area contributed by atoms with Gasteiger partial charge < -0.3 is 19.2 Å². The number of amides is 1. The lowest BCUT2D eigenvalue weighted by Crippen LogP contribution is -2.43. The first-order valence-corrected chi connectivity index (χ1v) is 9.92. The van der Waals surface area contributed by atoms with Gasteiger partial charge in [-0.2, -0.15) is 0 Å². The quantitative estimate of drug-likeness (QED) is 0.728. The second kappa shape index (κ2) is 9.96. The highest BCUT2D eigenvalue weighted by Gasteiger charge is 2.25. The molecule has 1 N–H and O–H groups in total. The number of halogens is 1. The number of carbonyl (C=O) groups excluding carboxylic acids is 1. The molecule has 1 aliphatic heterocycles. The van der Waals surface area contributed by atoms with Gasteiger partial charge in [0, 0.05) is 26.1 Å². The van der Waals surface area contributed by atoms with Crippen LogP contribution >= 0.6 is 11.6 Å². The van der Waals surface area contributed by atoms with Gasteiger partial charge in [0.25, 0.3) is 0 Å². The highest BCUT2D eigenvalue weighted by Crippen LogP contribution is 2.26. The first kappa shape index (κ1) is 20.7. The van der Waals surface area contributed by atoms with Crippen molar-refractivity contribution >= 4 is 17.5 Å². The molecule has 7 heteroatoms. The number of hydrogen-bond acceptors (Lipinski definition) is 5. The third kappa shape index (κ3) is 5.50. The zero-order chi connectivity index (χ0) is 19.9. The molecule has 1 amide bonds. The third-order valence-corrected chi connectivity index (χ3v) is 5.22. The SMILES string of the molecule is COc1ccc(CCC(=O)NCC(c2ccc(C)o2)N2CCOCC2)cc1Cl. The molecule has 1 aliphatic rings. The summed E-state index contributed by atoms with van der Waals surface area (Å²) in [5.74, 6) is 2.39. The Morgan fingerprint density at radius 2 is 2.07 bits per heavy atom. The van der Waals surface area contributed by atoms with Gasteiger partial charge in [-0.25, -0.2) is 0 Å². The Bertz CT molecular complexity index is 786. The number of nitrogens with one attached hydrogen (secondary N) is 1. The van der Waals surface area contributed by atoms with Crippen LogP contribution in [0.15, 0.2) is 34.7 Å². The van der Waals surface area contributed by atoms with Gasteiger partial charge in [-0.1, -0.05) is 17.7 Å². The average molecular weight is 407 g/mol. The molecule has 1 aromatic heterocycles. The number of hydrogen-bond donors (Lipinski definition) is 1. The Kier molecular flexibility index (Phi) is 7.36. The molecule has 1 atom stereocenters. The fraction of sp³-hybridized carbons (Fsp3) is 0.476. The van der Waals surface area contributed by atoms with Gasteiger partial charge in [0.15, 0.2) is 0 Å². The summed E-state index contributed by atoms with van der Waals surface area (Å²) in [6.07, 6.45) is 1.02. The van der Waals surface area contributed by atoms with E-state index in [1.807, 2.05) is 37.3 Å². The van der Waals surface area contributed by atoms with E-state index in [0.717, 1.165) is 30.2 Å². The van der Waals surface area contributed by atoms with Crippen molar-refractivity contribution in [2.75, 3.05) is 40.0 Å². The lowest BCUT2D eigenvalue weighted by Gasteiger charge is -2.33. The summed E-state index contributed by atoms with van der Waals surface area (Å²) < 4.78 is 16.4. The summed E-state index contributed by atoms with van der Waals surface area (Å²) in [7, 11) is 1.58. The Morgan fingerprint density at radius 1 is 1.29 bits per heavy atom. The molecule has 1 aromatic carbocycles. The minimum Gasteiger partial charge on any atom is -0.495 e. The van der Waals surface area contributed by atoms with Crippen molar-refractivity contribution in [3.8, 4) is 5.75 Å². The van der Waals surface area contributed by atoms with E-state index in [0.29, 0.717) is 43.4 Å². The fourth-order valence-electron chi connectivity index (χ4n) is 3.35. The van der Waals surface area contributed by atoms with Crippen molar-refractivity contribution < 1.29 is 18.7 Å². The molecule has 0 radical (unpaired) electrons. The van der Waals surface area contributed by atoms with Crippen molar-refractivity contribution in [1.82, 2.24) is 10.2 Å².